The Labute approximate surface area is 122 Å². The van der Waals surface area contributed by atoms with Gasteiger partial charge in [-0.05, 0) is 12.1 Å². The van der Waals surface area contributed by atoms with Gasteiger partial charge in [-0.2, -0.15) is 13.9 Å². The monoisotopic (exact) mass is 319 g/mol. The van der Waals surface area contributed by atoms with Crippen molar-refractivity contribution >= 4 is 23.2 Å². The maximum Gasteiger partial charge on any atom is 0.387 e. The molecule has 0 fully saturated rings. The molecular weight excluding hydrogens is 311 g/mol. The van der Waals surface area contributed by atoms with E-state index in [9.17, 15) is 18.0 Å². The second kappa shape index (κ2) is 6.49. The molecule has 1 aromatic heterocycles. The van der Waals surface area contributed by atoms with Crippen molar-refractivity contribution in [1.82, 2.24) is 9.78 Å². The predicted molar refractivity (Wildman–Crippen MR) is 68.9 cm³/mol. The first-order valence-corrected chi connectivity index (χ1v) is 6.04. The minimum absolute atomic E-state index is 0.0695. The summed E-state index contributed by atoms with van der Waals surface area (Å²) in [6, 6.07) is 2.90. The Morgan fingerprint density at radius 3 is 2.86 bits per heavy atom. The lowest BCUT2D eigenvalue weighted by Gasteiger charge is -2.12. The summed E-state index contributed by atoms with van der Waals surface area (Å²) < 4.78 is 42.9. The Bertz CT molecular complexity index is 648. The zero-order valence-corrected chi connectivity index (χ0v) is 11.1. The average Bonchev–Trinajstić information content (AvgIpc) is 2.77. The van der Waals surface area contributed by atoms with Crippen LogP contribution in [0.1, 0.15) is 0 Å². The number of hydrogen-bond donors (Lipinski definition) is 1. The molecule has 0 aliphatic rings. The highest BCUT2D eigenvalue weighted by atomic mass is 35.5. The van der Waals surface area contributed by atoms with Crippen LogP contribution in [0.5, 0.6) is 5.75 Å². The summed E-state index contributed by atoms with van der Waals surface area (Å²) in [5.41, 5.74) is -0.0695. The molecule has 2 aromatic rings. The van der Waals surface area contributed by atoms with Gasteiger partial charge >= 0.3 is 6.61 Å². The van der Waals surface area contributed by atoms with Gasteiger partial charge in [0, 0.05) is 12.3 Å². The van der Waals surface area contributed by atoms with E-state index in [0.29, 0.717) is 5.02 Å². The van der Waals surface area contributed by atoms with E-state index >= 15 is 0 Å². The number of amides is 1. The summed E-state index contributed by atoms with van der Waals surface area (Å²) in [6.45, 7) is -3.31. The lowest BCUT2D eigenvalue weighted by atomic mass is 10.3. The maximum absolute atomic E-state index is 13.0. The fraction of sp³-hybridized carbons (Fsp3) is 0.167. The van der Waals surface area contributed by atoms with Crippen LogP contribution in [0, 0.1) is 5.82 Å². The fourth-order valence-corrected chi connectivity index (χ4v) is 1.71. The van der Waals surface area contributed by atoms with Crippen molar-refractivity contribution in [2.75, 3.05) is 5.32 Å². The molecule has 1 N–H and O–H groups in total. The van der Waals surface area contributed by atoms with Crippen LogP contribution in [0.3, 0.4) is 0 Å². The number of anilines is 1. The molecule has 112 valence electrons. The number of benzene rings is 1. The van der Waals surface area contributed by atoms with Crippen LogP contribution < -0.4 is 10.1 Å². The Hall–Kier alpha value is -2.22. The average molecular weight is 320 g/mol. The number of aromatic nitrogens is 2. The molecule has 21 heavy (non-hydrogen) atoms. The molecule has 0 saturated heterocycles. The SMILES string of the molecule is O=C(Cn1cc(Cl)cn1)Nc1ccc(F)cc1OC(F)F. The Morgan fingerprint density at radius 2 is 2.24 bits per heavy atom. The molecule has 1 aromatic carbocycles. The van der Waals surface area contributed by atoms with Gasteiger partial charge in [0.1, 0.15) is 12.4 Å². The van der Waals surface area contributed by atoms with Crippen molar-refractivity contribution in [3.63, 3.8) is 0 Å². The molecule has 0 saturated carbocycles. The van der Waals surface area contributed by atoms with Gasteiger partial charge in [0.25, 0.3) is 0 Å². The minimum Gasteiger partial charge on any atom is -0.432 e. The van der Waals surface area contributed by atoms with Crippen molar-refractivity contribution in [3.05, 3.63) is 41.4 Å². The number of alkyl halides is 2. The Balaban J connectivity index is 2.09. The number of carbonyl (C=O) groups is 1. The van der Waals surface area contributed by atoms with Crippen LogP contribution >= 0.6 is 11.6 Å². The van der Waals surface area contributed by atoms with Crippen LogP contribution in [-0.4, -0.2) is 22.3 Å². The largest absolute Gasteiger partial charge is 0.432 e. The summed E-state index contributed by atoms with van der Waals surface area (Å²) in [4.78, 5) is 11.8. The lowest BCUT2D eigenvalue weighted by Crippen LogP contribution is -2.19. The van der Waals surface area contributed by atoms with Crippen LogP contribution in [-0.2, 0) is 11.3 Å². The molecular formula is C12H9ClF3N3O2. The Morgan fingerprint density at radius 1 is 1.48 bits per heavy atom. The molecule has 2 rings (SSSR count). The van der Waals surface area contributed by atoms with E-state index in [4.69, 9.17) is 11.6 Å². The van der Waals surface area contributed by atoms with Crippen molar-refractivity contribution in [2.45, 2.75) is 13.2 Å². The quantitative estimate of drug-likeness (QED) is 0.922. The van der Waals surface area contributed by atoms with Gasteiger partial charge in [-0.15, -0.1) is 0 Å². The van der Waals surface area contributed by atoms with Crippen LogP contribution in [0.2, 0.25) is 5.02 Å². The van der Waals surface area contributed by atoms with Crippen molar-refractivity contribution < 1.29 is 22.7 Å². The van der Waals surface area contributed by atoms with Gasteiger partial charge < -0.3 is 10.1 Å². The van der Waals surface area contributed by atoms with Crippen molar-refractivity contribution in [1.29, 1.82) is 0 Å². The molecule has 0 radical (unpaired) electrons. The topological polar surface area (TPSA) is 56.2 Å². The van der Waals surface area contributed by atoms with Crippen molar-refractivity contribution in [3.8, 4) is 5.75 Å². The number of nitrogens with zero attached hydrogens (tertiary/aromatic N) is 2. The molecule has 0 bridgehead atoms. The summed E-state index contributed by atoms with van der Waals surface area (Å²) in [5, 5.41) is 6.48. The third-order valence-corrected chi connectivity index (χ3v) is 2.54. The molecule has 1 heterocycles. The number of nitrogens with one attached hydrogen (secondary N) is 1. The van der Waals surface area contributed by atoms with Gasteiger partial charge in [-0.25, -0.2) is 4.39 Å². The highest BCUT2D eigenvalue weighted by molar-refractivity contribution is 6.30. The van der Waals surface area contributed by atoms with E-state index in [1.54, 1.807) is 0 Å². The summed E-state index contributed by atoms with van der Waals surface area (Å²) in [7, 11) is 0. The van der Waals surface area contributed by atoms with Gasteiger partial charge in [-0.1, -0.05) is 11.6 Å². The Kier molecular flexibility index (Phi) is 4.69. The predicted octanol–water partition coefficient (Wildman–Crippen LogP) is 2.92. The standard InChI is InChI=1S/C12H9ClF3N3O2/c13-7-4-17-19(5-7)6-11(20)18-9-2-1-8(14)3-10(9)21-12(15)16/h1-5,12H,6H2,(H,18,20). The van der Waals surface area contributed by atoms with E-state index in [2.05, 4.69) is 15.2 Å². The van der Waals surface area contributed by atoms with Gasteiger partial charge in [0.05, 0.1) is 16.9 Å². The zero-order valence-electron chi connectivity index (χ0n) is 10.4. The summed E-state index contributed by atoms with van der Waals surface area (Å²) in [5.74, 6) is -1.78. The van der Waals surface area contributed by atoms with E-state index in [0.717, 1.165) is 18.2 Å². The van der Waals surface area contributed by atoms with Crippen LogP contribution in [0.4, 0.5) is 18.9 Å². The first kappa shape index (κ1) is 15.2. The molecule has 0 spiro atoms. The molecule has 5 nitrogen and oxygen atoms in total. The maximum atomic E-state index is 13.0. The molecule has 0 aliphatic carbocycles. The highest BCUT2D eigenvalue weighted by Gasteiger charge is 2.13. The number of rotatable bonds is 5. The van der Waals surface area contributed by atoms with Gasteiger partial charge in [-0.3, -0.25) is 9.48 Å². The third-order valence-electron chi connectivity index (χ3n) is 2.34. The minimum atomic E-state index is -3.13. The number of halogens is 4. The summed E-state index contributed by atoms with van der Waals surface area (Å²) in [6.07, 6.45) is 2.76. The van der Waals surface area contributed by atoms with Crippen LogP contribution in [0.15, 0.2) is 30.6 Å². The lowest BCUT2D eigenvalue weighted by molar-refractivity contribution is -0.117. The first-order valence-electron chi connectivity index (χ1n) is 5.66. The molecule has 0 atom stereocenters. The molecule has 1 amide bonds. The van der Waals surface area contributed by atoms with Gasteiger partial charge in [0.2, 0.25) is 5.91 Å². The number of ether oxygens (including phenoxy) is 1. The molecule has 0 aliphatic heterocycles. The third kappa shape index (κ3) is 4.38. The second-order valence-electron chi connectivity index (χ2n) is 3.92. The highest BCUT2D eigenvalue weighted by Crippen LogP contribution is 2.27. The van der Waals surface area contributed by atoms with Crippen molar-refractivity contribution in [2.24, 2.45) is 0 Å². The van der Waals surface area contributed by atoms with E-state index in [1.807, 2.05) is 0 Å². The van der Waals surface area contributed by atoms with E-state index in [1.165, 1.54) is 17.1 Å². The second-order valence-corrected chi connectivity index (χ2v) is 4.36. The first-order chi connectivity index (χ1) is 9.94. The zero-order chi connectivity index (χ0) is 15.4. The smallest absolute Gasteiger partial charge is 0.387 e. The number of hydrogen-bond acceptors (Lipinski definition) is 3. The van der Waals surface area contributed by atoms with Gasteiger partial charge in [0.15, 0.2) is 5.75 Å². The summed E-state index contributed by atoms with van der Waals surface area (Å²) >= 11 is 5.64. The number of carbonyl (C=O) groups excluding carboxylic acids is 1. The fourth-order valence-electron chi connectivity index (χ4n) is 1.55. The molecule has 9 heteroatoms. The van der Waals surface area contributed by atoms with E-state index in [-0.39, 0.29) is 12.2 Å². The van der Waals surface area contributed by atoms with E-state index < -0.39 is 24.1 Å². The molecule has 0 unspecified atom stereocenters. The van der Waals surface area contributed by atoms with Crippen LogP contribution in [0.25, 0.3) is 0 Å². The normalized spacial score (nSPS) is 10.7.